The van der Waals surface area contributed by atoms with E-state index in [0.29, 0.717) is 18.8 Å². The molecule has 1 N–H and O–H groups in total. The Morgan fingerprint density at radius 2 is 1.93 bits per heavy atom. The summed E-state index contributed by atoms with van der Waals surface area (Å²) in [6.45, 7) is 4.39. The quantitative estimate of drug-likeness (QED) is 0.839. The molecule has 1 aromatic heterocycles. The van der Waals surface area contributed by atoms with E-state index in [1.807, 2.05) is 13.0 Å². The number of aryl methyl sites for hydroxylation is 1. The molecule has 0 aromatic carbocycles. The Morgan fingerprint density at radius 3 is 2.56 bits per heavy atom. The van der Waals surface area contributed by atoms with Crippen LogP contribution in [0.4, 0.5) is 5.82 Å². The number of nitrogens with one attached hydrogen (secondary N) is 1. The normalized spacial score (nSPS) is 37.0. The van der Waals surface area contributed by atoms with Crippen molar-refractivity contribution in [2.24, 2.45) is 23.7 Å². The Bertz CT molecular complexity index is 846. The minimum absolute atomic E-state index is 0.0238. The van der Waals surface area contributed by atoms with Crippen LogP contribution in [0.25, 0.3) is 0 Å². The molecule has 7 nitrogen and oxygen atoms in total. The number of nitrogens with zero attached hydrogens (tertiary/aromatic N) is 3. The number of hydrogen-bond donors (Lipinski definition) is 1. The monoisotopic (exact) mass is 392 g/mol. The molecule has 2 saturated carbocycles. The van der Waals surface area contributed by atoms with Crippen molar-refractivity contribution in [3.63, 3.8) is 0 Å². The minimum atomic E-state index is -2.99. The van der Waals surface area contributed by atoms with Gasteiger partial charge in [-0.15, -0.1) is 0 Å². The first kappa shape index (κ1) is 17.7. The number of sulfone groups is 1. The smallest absolute Gasteiger partial charge is 0.239 e. The molecule has 5 unspecified atom stereocenters. The van der Waals surface area contributed by atoms with Crippen LogP contribution in [0.1, 0.15) is 37.4 Å². The van der Waals surface area contributed by atoms with Crippen molar-refractivity contribution in [1.82, 2.24) is 14.7 Å². The molecule has 0 radical (unpaired) electrons. The average Bonchev–Trinajstić information content (AvgIpc) is 3.34. The standard InChI is InChI=1S/C19H28N4O3S/c1-12-6-18(23(21-12)15-4-5-27(25,26)11-15)20-19(24)10-22-8-16-13-2-3-14(7-13)17(16)9-22/h6,13-17H,2-5,7-11H2,1H3,(H,20,24). The van der Waals surface area contributed by atoms with Crippen molar-refractivity contribution < 1.29 is 13.2 Å². The Kier molecular flexibility index (Phi) is 4.13. The van der Waals surface area contributed by atoms with Gasteiger partial charge in [-0.3, -0.25) is 9.69 Å². The summed E-state index contributed by atoms with van der Waals surface area (Å²) in [5.41, 5.74) is 0.793. The van der Waals surface area contributed by atoms with Gasteiger partial charge in [0.15, 0.2) is 9.84 Å². The molecule has 2 saturated heterocycles. The van der Waals surface area contributed by atoms with E-state index < -0.39 is 9.84 Å². The molecule has 4 fully saturated rings. The predicted molar refractivity (Wildman–Crippen MR) is 102 cm³/mol. The van der Waals surface area contributed by atoms with E-state index >= 15 is 0 Å². The van der Waals surface area contributed by atoms with Gasteiger partial charge in [-0.1, -0.05) is 0 Å². The maximum absolute atomic E-state index is 12.7. The van der Waals surface area contributed by atoms with Gasteiger partial charge in [-0.2, -0.15) is 5.10 Å². The van der Waals surface area contributed by atoms with Gasteiger partial charge in [0, 0.05) is 19.2 Å². The van der Waals surface area contributed by atoms with Gasteiger partial charge in [0.25, 0.3) is 0 Å². The highest BCUT2D eigenvalue weighted by molar-refractivity contribution is 7.91. The van der Waals surface area contributed by atoms with Crippen molar-refractivity contribution in [3.8, 4) is 0 Å². The number of amides is 1. The lowest BCUT2D eigenvalue weighted by Gasteiger charge is -2.22. The number of aromatic nitrogens is 2. The van der Waals surface area contributed by atoms with Gasteiger partial charge in [0.2, 0.25) is 5.91 Å². The lowest BCUT2D eigenvalue weighted by Crippen LogP contribution is -2.33. The van der Waals surface area contributed by atoms with Crippen LogP contribution in [0, 0.1) is 30.6 Å². The molecule has 8 heteroatoms. The number of anilines is 1. The molecule has 2 aliphatic carbocycles. The summed E-state index contributed by atoms with van der Waals surface area (Å²) in [5.74, 6) is 4.28. The van der Waals surface area contributed by atoms with Gasteiger partial charge in [0.05, 0.1) is 29.8 Å². The molecular weight excluding hydrogens is 364 g/mol. The van der Waals surface area contributed by atoms with Crippen LogP contribution in [0.3, 0.4) is 0 Å². The van der Waals surface area contributed by atoms with E-state index in [-0.39, 0.29) is 23.5 Å². The molecule has 5 rings (SSSR count). The molecule has 1 amide bonds. The molecule has 148 valence electrons. The lowest BCUT2D eigenvalue weighted by molar-refractivity contribution is -0.117. The van der Waals surface area contributed by atoms with Crippen molar-refractivity contribution in [1.29, 1.82) is 0 Å². The number of hydrogen-bond acceptors (Lipinski definition) is 5. The molecule has 4 aliphatic rings. The number of likely N-dealkylation sites (tertiary alicyclic amines) is 1. The second-order valence-corrected chi connectivity index (χ2v) is 11.3. The van der Waals surface area contributed by atoms with E-state index in [2.05, 4.69) is 15.3 Å². The Hall–Kier alpha value is -1.41. The lowest BCUT2D eigenvalue weighted by atomic mass is 9.82. The van der Waals surface area contributed by atoms with Gasteiger partial charge in [0.1, 0.15) is 5.82 Å². The largest absolute Gasteiger partial charge is 0.310 e. The highest BCUT2D eigenvalue weighted by Crippen LogP contribution is 2.55. The molecular formula is C19H28N4O3S. The summed E-state index contributed by atoms with van der Waals surface area (Å²) in [6, 6.07) is 1.66. The number of fused-ring (bicyclic) bond motifs is 5. The van der Waals surface area contributed by atoms with Crippen molar-refractivity contribution in [2.75, 3.05) is 36.5 Å². The molecule has 5 atom stereocenters. The molecule has 2 aliphatic heterocycles. The van der Waals surface area contributed by atoms with Crippen LogP contribution in [-0.2, 0) is 14.6 Å². The van der Waals surface area contributed by atoms with Gasteiger partial charge < -0.3 is 5.32 Å². The van der Waals surface area contributed by atoms with E-state index in [1.165, 1.54) is 19.3 Å². The Morgan fingerprint density at radius 1 is 1.22 bits per heavy atom. The SMILES string of the molecule is Cc1cc(NC(=O)CN2CC3C4CCC(C4)C3C2)n(C2CCS(=O)(=O)C2)n1. The number of carbonyl (C=O) groups is 1. The maximum atomic E-state index is 12.7. The maximum Gasteiger partial charge on any atom is 0.239 e. The van der Waals surface area contributed by atoms with Gasteiger partial charge >= 0.3 is 0 Å². The second kappa shape index (κ2) is 6.30. The molecule has 0 spiro atoms. The Labute approximate surface area is 160 Å². The minimum Gasteiger partial charge on any atom is -0.310 e. The fourth-order valence-electron chi connectivity index (χ4n) is 6.14. The third-order valence-electron chi connectivity index (χ3n) is 7.26. The fraction of sp³-hybridized carbons (Fsp3) is 0.789. The summed E-state index contributed by atoms with van der Waals surface area (Å²) < 4.78 is 25.3. The topological polar surface area (TPSA) is 84.3 Å². The molecule has 2 bridgehead atoms. The van der Waals surface area contributed by atoms with Crippen LogP contribution in [0.2, 0.25) is 0 Å². The fourth-order valence-corrected chi connectivity index (χ4v) is 7.83. The summed E-state index contributed by atoms with van der Waals surface area (Å²) in [6.07, 6.45) is 4.74. The molecule has 1 aromatic rings. The highest BCUT2D eigenvalue weighted by Gasteiger charge is 2.51. The summed E-state index contributed by atoms with van der Waals surface area (Å²) in [5, 5.41) is 7.43. The first-order valence-electron chi connectivity index (χ1n) is 10.2. The number of rotatable bonds is 4. The van der Waals surface area contributed by atoms with Crippen LogP contribution in [0.15, 0.2) is 6.07 Å². The zero-order valence-electron chi connectivity index (χ0n) is 15.8. The average molecular weight is 393 g/mol. The molecule has 3 heterocycles. The Balaban J connectivity index is 1.23. The number of carbonyl (C=O) groups excluding carboxylic acids is 1. The van der Waals surface area contributed by atoms with Crippen LogP contribution in [0.5, 0.6) is 0 Å². The van der Waals surface area contributed by atoms with Crippen LogP contribution < -0.4 is 5.32 Å². The van der Waals surface area contributed by atoms with Crippen molar-refractivity contribution >= 4 is 21.6 Å². The zero-order valence-corrected chi connectivity index (χ0v) is 16.6. The van der Waals surface area contributed by atoms with Crippen LogP contribution >= 0.6 is 0 Å². The van der Waals surface area contributed by atoms with Gasteiger partial charge in [-0.25, -0.2) is 13.1 Å². The van der Waals surface area contributed by atoms with Crippen molar-refractivity contribution in [2.45, 2.75) is 38.6 Å². The highest BCUT2D eigenvalue weighted by atomic mass is 32.2. The zero-order chi connectivity index (χ0) is 18.8. The summed E-state index contributed by atoms with van der Waals surface area (Å²) in [4.78, 5) is 15.0. The predicted octanol–water partition coefficient (Wildman–Crippen LogP) is 1.47. The van der Waals surface area contributed by atoms with Gasteiger partial charge in [-0.05, 0) is 56.3 Å². The van der Waals surface area contributed by atoms with E-state index in [9.17, 15) is 13.2 Å². The van der Waals surface area contributed by atoms with E-state index in [4.69, 9.17) is 0 Å². The van der Waals surface area contributed by atoms with E-state index in [0.717, 1.165) is 42.5 Å². The summed E-state index contributed by atoms with van der Waals surface area (Å²) in [7, 11) is -2.99. The first-order chi connectivity index (χ1) is 12.9. The van der Waals surface area contributed by atoms with E-state index in [1.54, 1.807) is 4.68 Å². The first-order valence-corrected chi connectivity index (χ1v) is 12.0. The van der Waals surface area contributed by atoms with Crippen molar-refractivity contribution in [3.05, 3.63) is 11.8 Å². The molecule has 27 heavy (non-hydrogen) atoms. The third kappa shape index (κ3) is 3.20. The third-order valence-corrected chi connectivity index (χ3v) is 9.01. The summed E-state index contributed by atoms with van der Waals surface area (Å²) >= 11 is 0. The second-order valence-electron chi connectivity index (χ2n) is 9.08. The van der Waals surface area contributed by atoms with Crippen LogP contribution in [-0.4, -0.2) is 60.1 Å².